The van der Waals surface area contributed by atoms with Crippen LogP contribution in [0.1, 0.15) is 13.8 Å². The summed E-state index contributed by atoms with van der Waals surface area (Å²) in [6.07, 6.45) is -31.6. The van der Waals surface area contributed by atoms with Gasteiger partial charge in [-0.05, 0) is 0 Å². The molecule has 0 aliphatic carbocycles. The zero-order valence-corrected chi connectivity index (χ0v) is 27.4. The van der Waals surface area contributed by atoms with Crippen LogP contribution in [0, 0.1) is 0 Å². The molecule has 23 nitrogen and oxygen atoms in total. The molecule has 0 aromatic carbocycles. The van der Waals surface area contributed by atoms with E-state index in [-0.39, 0.29) is 0 Å². The molecule has 4 aliphatic heterocycles. The molecule has 0 aromatic heterocycles. The highest BCUT2D eigenvalue weighted by molar-refractivity contribution is 5.73. The van der Waals surface area contributed by atoms with Crippen LogP contribution < -0.4 is 10.6 Å². The zero-order valence-electron chi connectivity index (χ0n) is 27.4. The van der Waals surface area contributed by atoms with Crippen LogP contribution in [0.2, 0.25) is 0 Å². The van der Waals surface area contributed by atoms with Crippen LogP contribution in [0.4, 0.5) is 0 Å². The molecule has 4 heterocycles. The monoisotopic (exact) mass is 748 g/mol. The Balaban J connectivity index is 1.53. The van der Waals surface area contributed by atoms with Gasteiger partial charge in [-0.15, -0.1) is 0 Å². The topological polar surface area (TPSA) is 366 Å². The lowest BCUT2D eigenvalue weighted by Gasteiger charge is -2.49. The molecule has 0 bridgehead atoms. The standard InChI is InChI=1S/C28H48N2O21/c1-7(35)29-13-18(40)15(37)9(3-31)46-26(13)51-24-17(39)11(5-33)47-28(21(24)43)49-22-12(6-34)48-27(20(42)19(22)41)50-23-14(30-8(2)36)25(44)45-10(4-32)16(23)38/h9-28,31-34,37-44H,3-6H2,1-2H3,(H,29,35)(H,30,36)/t9-,10-,11-,12-,13-,14-,15+,16+,17+,18-,19-,20-,21-,22+,23-,24+,25+,26+,27+,28+/m1/s1. The second-order valence-corrected chi connectivity index (χ2v) is 12.6. The molecule has 4 rings (SSSR count). The minimum Gasteiger partial charge on any atom is -0.394 e. The summed E-state index contributed by atoms with van der Waals surface area (Å²) in [6.45, 7) is -1.26. The van der Waals surface area contributed by atoms with Crippen LogP contribution in [0.3, 0.4) is 0 Å². The molecule has 4 aliphatic rings. The van der Waals surface area contributed by atoms with Gasteiger partial charge in [0, 0.05) is 13.8 Å². The van der Waals surface area contributed by atoms with Gasteiger partial charge in [-0.25, -0.2) is 0 Å². The molecule has 4 fully saturated rings. The van der Waals surface area contributed by atoms with Crippen LogP contribution in [-0.2, 0) is 42.7 Å². The first kappa shape index (κ1) is 41.9. The predicted octanol–water partition coefficient (Wildman–Crippen LogP) is -9.46. The Morgan fingerprint density at radius 1 is 0.471 bits per heavy atom. The minimum atomic E-state index is -2.06. The van der Waals surface area contributed by atoms with Crippen LogP contribution in [0.5, 0.6) is 0 Å². The maximum atomic E-state index is 11.8. The number of nitrogens with one attached hydrogen (secondary N) is 2. The third kappa shape index (κ3) is 9.11. The Hall–Kier alpha value is -1.82. The highest BCUT2D eigenvalue weighted by atomic mass is 16.8. The molecule has 0 radical (unpaired) electrons. The summed E-state index contributed by atoms with van der Waals surface area (Å²) in [6, 6.07) is -2.96. The van der Waals surface area contributed by atoms with E-state index >= 15 is 0 Å². The van der Waals surface area contributed by atoms with Crippen molar-refractivity contribution >= 4 is 11.8 Å². The molecule has 14 N–H and O–H groups in total. The number of carbonyl (C=O) groups is 2. The maximum Gasteiger partial charge on any atom is 0.217 e. The van der Waals surface area contributed by atoms with Gasteiger partial charge < -0.3 is 105 Å². The van der Waals surface area contributed by atoms with Crippen molar-refractivity contribution in [3.8, 4) is 0 Å². The normalized spacial score (nSPS) is 47.8. The quantitative estimate of drug-likeness (QED) is 0.0881. The van der Waals surface area contributed by atoms with Crippen molar-refractivity contribution in [2.75, 3.05) is 26.4 Å². The Morgan fingerprint density at radius 3 is 1.47 bits per heavy atom. The third-order valence-corrected chi connectivity index (χ3v) is 9.01. The second kappa shape index (κ2) is 18.0. The fourth-order valence-electron chi connectivity index (χ4n) is 6.35. The van der Waals surface area contributed by atoms with Crippen molar-refractivity contribution in [3.63, 3.8) is 0 Å². The van der Waals surface area contributed by atoms with Gasteiger partial charge in [-0.2, -0.15) is 0 Å². The van der Waals surface area contributed by atoms with E-state index in [1.165, 1.54) is 0 Å². The molecule has 2 amide bonds. The summed E-state index contributed by atoms with van der Waals surface area (Å²) in [5, 5.41) is 130. The summed E-state index contributed by atoms with van der Waals surface area (Å²) in [5.74, 6) is -1.38. The number of hydrogen-bond donors (Lipinski definition) is 14. The second-order valence-electron chi connectivity index (χ2n) is 12.6. The van der Waals surface area contributed by atoms with E-state index in [2.05, 4.69) is 10.6 Å². The van der Waals surface area contributed by atoms with E-state index in [4.69, 9.17) is 33.2 Å². The molecule has 0 unspecified atom stereocenters. The van der Waals surface area contributed by atoms with Crippen LogP contribution >= 0.6 is 0 Å². The first-order chi connectivity index (χ1) is 24.1. The average molecular weight is 749 g/mol. The van der Waals surface area contributed by atoms with Crippen LogP contribution in [0.15, 0.2) is 0 Å². The molecular weight excluding hydrogens is 700 g/mol. The molecular formula is C28H48N2O21. The lowest BCUT2D eigenvalue weighted by molar-refractivity contribution is -0.382. The van der Waals surface area contributed by atoms with E-state index in [9.17, 15) is 70.9 Å². The highest BCUT2D eigenvalue weighted by Gasteiger charge is 2.55. The van der Waals surface area contributed by atoms with E-state index in [1.54, 1.807) is 0 Å². The molecule has 4 saturated heterocycles. The predicted molar refractivity (Wildman–Crippen MR) is 157 cm³/mol. The summed E-state index contributed by atoms with van der Waals surface area (Å²) in [4.78, 5) is 23.6. The first-order valence-electron chi connectivity index (χ1n) is 16.1. The minimum absolute atomic E-state index is 0.681. The molecule has 0 spiro atoms. The number of carbonyl (C=O) groups excluding carboxylic acids is 2. The largest absolute Gasteiger partial charge is 0.394 e. The van der Waals surface area contributed by atoms with Crippen molar-refractivity contribution in [2.24, 2.45) is 0 Å². The number of amides is 2. The fraction of sp³-hybridized carbons (Fsp3) is 0.929. The Bertz CT molecular complexity index is 1140. The van der Waals surface area contributed by atoms with Gasteiger partial charge >= 0.3 is 0 Å². The number of aliphatic hydroxyl groups is 12. The van der Waals surface area contributed by atoms with Gasteiger partial charge in [0.25, 0.3) is 0 Å². The lowest BCUT2D eigenvalue weighted by atomic mass is 9.94. The number of hydrogen-bond acceptors (Lipinski definition) is 21. The maximum absolute atomic E-state index is 11.8. The highest BCUT2D eigenvalue weighted by Crippen LogP contribution is 2.34. The molecule has 296 valence electrons. The Morgan fingerprint density at radius 2 is 0.902 bits per heavy atom. The van der Waals surface area contributed by atoms with Crippen molar-refractivity contribution in [1.82, 2.24) is 10.6 Å². The molecule has 23 heteroatoms. The average Bonchev–Trinajstić information content (AvgIpc) is 3.09. The SMILES string of the molecule is CC(=O)N[C@@H]1[C@@H](O[C@@H]2O[C@H](CO)[C@H](O[C@@H]3O[C@H](CO)[C@H](O)[C@H](O[C@@H]4O[C@H](CO)[C@H](O)[C@H](O)[C@H]4NC(C)=O)[C@H]3O)[C@H](O)[C@H]2O)[C@@H](O)[C@@H](CO)O[C@@H]1O. The molecule has 0 saturated carbocycles. The van der Waals surface area contributed by atoms with Gasteiger partial charge in [0.15, 0.2) is 25.2 Å². The van der Waals surface area contributed by atoms with Crippen molar-refractivity contribution in [2.45, 2.75) is 137 Å². The Kier molecular flexibility index (Phi) is 14.8. The third-order valence-electron chi connectivity index (χ3n) is 9.01. The molecule has 51 heavy (non-hydrogen) atoms. The van der Waals surface area contributed by atoms with Gasteiger partial charge in [-0.3, -0.25) is 9.59 Å². The van der Waals surface area contributed by atoms with E-state index in [1.807, 2.05) is 0 Å². The number of rotatable bonds is 12. The van der Waals surface area contributed by atoms with Crippen LogP contribution in [0.25, 0.3) is 0 Å². The van der Waals surface area contributed by atoms with E-state index in [0.717, 1.165) is 13.8 Å². The summed E-state index contributed by atoms with van der Waals surface area (Å²) in [5.41, 5.74) is 0. The smallest absolute Gasteiger partial charge is 0.217 e. The van der Waals surface area contributed by atoms with Crippen LogP contribution in [-0.4, -0.2) is 222 Å². The Labute approximate surface area is 289 Å². The first-order valence-corrected chi connectivity index (χ1v) is 16.1. The zero-order chi connectivity index (χ0) is 37.9. The fourth-order valence-corrected chi connectivity index (χ4v) is 6.35. The van der Waals surface area contributed by atoms with Crippen molar-refractivity contribution < 1.29 is 104 Å². The van der Waals surface area contributed by atoms with Gasteiger partial charge in [0.1, 0.15) is 97.5 Å². The molecule has 20 atom stereocenters. The van der Waals surface area contributed by atoms with Gasteiger partial charge in [-0.1, -0.05) is 0 Å². The summed E-state index contributed by atoms with van der Waals surface area (Å²) in [7, 11) is 0. The summed E-state index contributed by atoms with van der Waals surface area (Å²) < 4.78 is 38.9. The molecule has 0 aromatic rings. The van der Waals surface area contributed by atoms with Crippen molar-refractivity contribution in [3.05, 3.63) is 0 Å². The number of aliphatic hydroxyl groups excluding tert-OH is 12. The van der Waals surface area contributed by atoms with E-state index in [0.29, 0.717) is 0 Å². The lowest BCUT2D eigenvalue weighted by Crippen LogP contribution is -2.69. The number of ether oxygens (including phenoxy) is 7. The van der Waals surface area contributed by atoms with Gasteiger partial charge in [0.2, 0.25) is 11.8 Å². The van der Waals surface area contributed by atoms with Gasteiger partial charge in [0.05, 0.1) is 26.4 Å². The summed E-state index contributed by atoms with van der Waals surface area (Å²) >= 11 is 0. The van der Waals surface area contributed by atoms with Crippen molar-refractivity contribution in [1.29, 1.82) is 0 Å². The van der Waals surface area contributed by atoms with E-state index < -0.39 is 161 Å².